The summed E-state index contributed by atoms with van der Waals surface area (Å²) in [6, 6.07) is 3.40. The Labute approximate surface area is 123 Å². The van der Waals surface area contributed by atoms with Crippen LogP contribution in [0, 0.1) is 5.92 Å². The fourth-order valence-electron chi connectivity index (χ4n) is 1.63. The van der Waals surface area contributed by atoms with Gasteiger partial charge in [-0.3, -0.25) is 4.79 Å². The average Bonchev–Trinajstić information content (AvgIpc) is 2.38. The van der Waals surface area contributed by atoms with Gasteiger partial charge < -0.3 is 10.6 Å². The van der Waals surface area contributed by atoms with Gasteiger partial charge in [0.05, 0.1) is 0 Å². The zero-order valence-corrected chi connectivity index (χ0v) is 13.5. The van der Waals surface area contributed by atoms with Crippen molar-refractivity contribution in [3.63, 3.8) is 0 Å². The maximum absolute atomic E-state index is 11.1. The second kappa shape index (κ2) is 10.2. The molecule has 4 heteroatoms. The lowest BCUT2D eigenvalue weighted by atomic mass is 10.2. The van der Waals surface area contributed by atoms with Gasteiger partial charge in [0.25, 0.3) is 0 Å². The maximum atomic E-state index is 11.1. The zero-order chi connectivity index (χ0) is 15.5. The molecule has 0 bridgehead atoms. The Bertz CT molecular complexity index is 382. The molecule has 0 atom stereocenters. The monoisotopic (exact) mass is 279 g/mol. The Hall–Kier alpha value is -1.58. The third-order valence-electron chi connectivity index (χ3n) is 2.34. The minimum atomic E-state index is -0.406. The quantitative estimate of drug-likeness (QED) is 0.867. The molecule has 20 heavy (non-hydrogen) atoms. The molecule has 0 fully saturated rings. The van der Waals surface area contributed by atoms with Gasteiger partial charge in [-0.1, -0.05) is 34.6 Å². The highest BCUT2D eigenvalue weighted by Gasteiger charge is 2.08. The topological polar surface area (TPSA) is 59.2 Å². The molecule has 0 saturated heterocycles. The Morgan fingerprint density at radius 1 is 1.25 bits per heavy atom. The van der Waals surface area contributed by atoms with Crippen molar-refractivity contribution < 1.29 is 4.79 Å². The highest BCUT2D eigenvalue weighted by molar-refractivity contribution is 5.93. The van der Waals surface area contributed by atoms with Crippen molar-refractivity contribution in [3.8, 4) is 0 Å². The normalized spacial score (nSPS) is 9.90. The minimum Gasteiger partial charge on any atom is -0.366 e. The molecule has 4 nitrogen and oxygen atoms in total. The molecule has 0 aliphatic carbocycles. The molecule has 0 radical (unpaired) electrons. The van der Waals surface area contributed by atoms with Gasteiger partial charge in [0, 0.05) is 24.8 Å². The number of nitrogens with zero attached hydrogens (tertiary/aromatic N) is 2. The number of primary amides is 1. The molecule has 0 spiro atoms. The first kappa shape index (κ1) is 18.4. The summed E-state index contributed by atoms with van der Waals surface area (Å²) in [5.74, 6) is 1.26. The molecule has 0 aliphatic heterocycles. The number of hydrogen-bond acceptors (Lipinski definition) is 3. The number of pyridine rings is 1. The zero-order valence-electron chi connectivity index (χ0n) is 13.5. The summed E-state index contributed by atoms with van der Waals surface area (Å²) in [6.07, 6.45) is 3.75. The van der Waals surface area contributed by atoms with Crippen LogP contribution in [0.4, 0.5) is 5.82 Å². The van der Waals surface area contributed by atoms with Crippen molar-refractivity contribution in [1.29, 1.82) is 0 Å². The molecule has 0 saturated carbocycles. The molecular formula is C16H29N3O. The van der Waals surface area contributed by atoms with E-state index in [4.69, 9.17) is 5.73 Å². The van der Waals surface area contributed by atoms with Gasteiger partial charge in [0.1, 0.15) is 5.82 Å². The third-order valence-corrected chi connectivity index (χ3v) is 2.34. The van der Waals surface area contributed by atoms with Gasteiger partial charge in [-0.15, -0.1) is 0 Å². The van der Waals surface area contributed by atoms with Crippen molar-refractivity contribution in [3.05, 3.63) is 23.9 Å². The fraction of sp³-hybridized carbons (Fsp3) is 0.625. The van der Waals surface area contributed by atoms with Gasteiger partial charge in [0.15, 0.2) is 0 Å². The molecule has 1 aromatic heterocycles. The smallest absolute Gasteiger partial charge is 0.248 e. The van der Waals surface area contributed by atoms with E-state index < -0.39 is 5.91 Å². The van der Waals surface area contributed by atoms with E-state index in [2.05, 4.69) is 44.5 Å². The van der Waals surface area contributed by atoms with Gasteiger partial charge in [-0.25, -0.2) is 4.98 Å². The van der Waals surface area contributed by atoms with Crippen molar-refractivity contribution in [2.75, 3.05) is 18.0 Å². The van der Waals surface area contributed by atoms with E-state index in [0.717, 1.165) is 37.7 Å². The fourth-order valence-corrected chi connectivity index (χ4v) is 1.63. The summed E-state index contributed by atoms with van der Waals surface area (Å²) in [5, 5.41) is 0. The van der Waals surface area contributed by atoms with Crippen LogP contribution in [0.2, 0.25) is 0 Å². The molecule has 0 unspecified atom stereocenters. The average molecular weight is 279 g/mol. The van der Waals surface area contributed by atoms with Crippen molar-refractivity contribution in [2.24, 2.45) is 11.7 Å². The Kier molecular flexibility index (Phi) is 9.43. The molecule has 0 aromatic carbocycles. The number of hydrogen-bond donors (Lipinski definition) is 1. The maximum Gasteiger partial charge on any atom is 0.248 e. The number of carbonyl (C=O) groups is 1. The van der Waals surface area contributed by atoms with Gasteiger partial charge in [0.2, 0.25) is 5.91 Å². The molecule has 1 heterocycles. The van der Waals surface area contributed by atoms with Crippen LogP contribution in [0.3, 0.4) is 0 Å². The Morgan fingerprint density at radius 3 is 2.15 bits per heavy atom. The van der Waals surface area contributed by atoms with Crippen LogP contribution >= 0.6 is 0 Å². The summed E-state index contributed by atoms with van der Waals surface area (Å²) >= 11 is 0. The van der Waals surface area contributed by atoms with Crippen LogP contribution in [0.5, 0.6) is 0 Å². The van der Waals surface area contributed by atoms with E-state index in [-0.39, 0.29) is 0 Å². The van der Waals surface area contributed by atoms with E-state index in [1.165, 1.54) is 0 Å². The molecule has 114 valence electrons. The second-order valence-corrected chi connectivity index (χ2v) is 5.49. The molecule has 1 rings (SSSR count). The first-order valence-electron chi connectivity index (χ1n) is 7.43. The number of carbonyl (C=O) groups excluding carboxylic acids is 1. The van der Waals surface area contributed by atoms with E-state index in [1.54, 1.807) is 18.3 Å². The van der Waals surface area contributed by atoms with Crippen molar-refractivity contribution in [1.82, 2.24) is 4.98 Å². The number of nitrogens with two attached hydrogens (primary N) is 1. The summed E-state index contributed by atoms with van der Waals surface area (Å²) < 4.78 is 0. The van der Waals surface area contributed by atoms with E-state index in [0.29, 0.717) is 5.56 Å². The highest BCUT2D eigenvalue weighted by Crippen LogP contribution is 2.13. The molecule has 1 aromatic rings. The first-order valence-corrected chi connectivity index (χ1v) is 7.43. The SMILES string of the molecule is CC(C)C.CCCN(CCC)c1cc(C(N)=O)ccn1. The lowest BCUT2D eigenvalue weighted by Gasteiger charge is -2.22. The number of anilines is 1. The second-order valence-electron chi connectivity index (χ2n) is 5.49. The van der Waals surface area contributed by atoms with Gasteiger partial charge >= 0.3 is 0 Å². The van der Waals surface area contributed by atoms with E-state index >= 15 is 0 Å². The molecule has 0 aliphatic rings. The van der Waals surface area contributed by atoms with Crippen LogP contribution in [-0.4, -0.2) is 24.0 Å². The first-order chi connectivity index (χ1) is 9.42. The van der Waals surface area contributed by atoms with E-state index in [1.807, 2.05) is 0 Å². The number of aromatic nitrogens is 1. The summed E-state index contributed by atoms with van der Waals surface area (Å²) in [5.41, 5.74) is 5.76. The Balaban J connectivity index is 0.000000796. The Morgan fingerprint density at radius 2 is 1.75 bits per heavy atom. The van der Waals surface area contributed by atoms with Crippen LogP contribution in [0.25, 0.3) is 0 Å². The van der Waals surface area contributed by atoms with Crippen LogP contribution in [0.1, 0.15) is 57.8 Å². The van der Waals surface area contributed by atoms with Crippen LogP contribution in [-0.2, 0) is 0 Å². The van der Waals surface area contributed by atoms with Crippen molar-refractivity contribution in [2.45, 2.75) is 47.5 Å². The molecule has 1 amide bonds. The summed E-state index contributed by atoms with van der Waals surface area (Å²) in [4.78, 5) is 17.5. The predicted octanol–water partition coefficient (Wildman–Crippen LogP) is 3.47. The lowest BCUT2D eigenvalue weighted by molar-refractivity contribution is 0.1000. The predicted molar refractivity (Wildman–Crippen MR) is 86.1 cm³/mol. The van der Waals surface area contributed by atoms with Gasteiger partial charge in [-0.2, -0.15) is 0 Å². The highest BCUT2D eigenvalue weighted by atomic mass is 16.1. The largest absolute Gasteiger partial charge is 0.366 e. The lowest BCUT2D eigenvalue weighted by Crippen LogP contribution is -2.26. The van der Waals surface area contributed by atoms with Gasteiger partial charge in [-0.05, 0) is 30.9 Å². The third kappa shape index (κ3) is 7.77. The summed E-state index contributed by atoms with van der Waals surface area (Å²) in [7, 11) is 0. The van der Waals surface area contributed by atoms with Crippen LogP contribution in [0.15, 0.2) is 18.3 Å². The van der Waals surface area contributed by atoms with Crippen LogP contribution < -0.4 is 10.6 Å². The molecular weight excluding hydrogens is 250 g/mol. The molecule has 2 N–H and O–H groups in total. The van der Waals surface area contributed by atoms with E-state index in [9.17, 15) is 4.79 Å². The number of amides is 1. The standard InChI is InChI=1S/C12H19N3O.C4H10/c1-3-7-15(8-4-2)11-9-10(12(13)16)5-6-14-11;1-4(2)3/h5-6,9H,3-4,7-8H2,1-2H3,(H2,13,16);4H,1-3H3. The number of rotatable bonds is 6. The summed E-state index contributed by atoms with van der Waals surface area (Å²) in [6.45, 7) is 12.6. The minimum absolute atomic E-state index is 0.406. The van der Waals surface area contributed by atoms with Crippen molar-refractivity contribution >= 4 is 11.7 Å².